The van der Waals surface area contributed by atoms with Crippen molar-refractivity contribution < 1.29 is 40.7 Å². The van der Waals surface area contributed by atoms with E-state index < -0.39 is 43.7 Å². The average Bonchev–Trinajstić information content (AvgIpc) is 2.45. The predicted octanol–water partition coefficient (Wildman–Crippen LogP) is 3.53. The second-order valence-corrected chi connectivity index (χ2v) is 5.69. The number of nitrogens with zero attached hydrogens (tertiary/aromatic N) is 1. The molecule has 11 heteroatoms. The Morgan fingerprint density at radius 1 is 1.23 bits per heavy atom. The number of hydrogen-bond donors (Lipinski definition) is 1. The maximum absolute atomic E-state index is 12.4. The Labute approximate surface area is 143 Å². The largest absolute Gasteiger partial charge is 0.423 e. The molecule has 0 aliphatic carbocycles. The van der Waals surface area contributed by atoms with E-state index in [1.165, 1.54) is 18.2 Å². The number of nitrogens with one attached hydrogen (secondary N) is 1. The number of rotatable bonds is 4. The van der Waals surface area contributed by atoms with Crippen LogP contribution in [0.5, 0.6) is 0 Å². The minimum atomic E-state index is -5.59. The molecule has 1 heterocycles. The Kier molecular flexibility index (Phi) is 5.49. The highest BCUT2D eigenvalue weighted by atomic mass is 19.4. The molecule has 1 saturated heterocycles. The van der Waals surface area contributed by atoms with Crippen molar-refractivity contribution in [2.45, 2.75) is 31.5 Å². The van der Waals surface area contributed by atoms with Gasteiger partial charge < -0.3 is 15.0 Å². The fourth-order valence-corrected chi connectivity index (χ4v) is 2.33. The Morgan fingerprint density at radius 3 is 2.31 bits per heavy atom. The first-order valence-electron chi connectivity index (χ1n) is 7.33. The van der Waals surface area contributed by atoms with E-state index in [-0.39, 0.29) is 0 Å². The molecule has 0 spiro atoms. The lowest BCUT2D eigenvalue weighted by Gasteiger charge is -2.40. The second kappa shape index (κ2) is 7.14. The van der Waals surface area contributed by atoms with Gasteiger partial charge in [0.1, 0.15) is 6.29 Å². The molecule has 1 aromatic carbocycles. The van der Waals surface area contributed by atoms with Crippen molar-refractivity contribution >= 4 is 18.0 Å². The highest BCUT2D eigenvalue weighted by molar-refractivity contribution is 5.92. The number of likely N-dealkylation sites (tertiary alicyclic amines) is 1. The maximum Gasteiger partial charge on any atom is 0.423 e. The van der Waals surface area contributed by atoms with E-state index in [1.54, 1.807) is 6.92 Å². The van der Waals surface area contributed by atoms with E-state index >= 15 is 0 Å². The summed E-state index contributed by atoms with van der Waals surface area (Å²) >= 11 is 0. The fourth-order valence-electron chi connectivity index (χ4n) is 2.33. The molecule has 2 rings (SSSR count). The van der Waals surface area contributed by atoms with Crippen LogP contribution in [0.25, 0.3) is 0 Å². The number of halogens is 6. The first kappa shape index (κ1) is 20.0. The minimum Gasteiger partial charge on any atom is -0.354 e. The summed E-state index contributed by atoms with van der Waals surface area (Å²) in [7, 11) is 0. The molecule has 26 heavy (non-hydrogen) atoms. The third kappa shape index (κ3) is 4.45. The fraction of sp³-hybridized carbons (Fsp3) is 0.467. The first-order chi connectivity index (χ1) is 11.9. The van der Waals surface area contributed by atoms with E-state index in [2.05, 4.69) is 10.1 Å². The standard InChI is InChI=1S/C15H14F6N2O3/c1-8-9(7-24)3-2-4-11(8)22-13(25)23-5-10(6-23)26-12(14(16,17)18)15(19,20)21/h2-4,7,10,12H,5-6H2,1H3,(H,22,25). The molecule has 0 atom stereocenters. The Bertz CT molecular complexity index is 669. The Morgan fingerprint density at radius 2 is 1.81 bits per heavy atom. The molecular weight excluding hydrogens is 370 g/mol. The molecule has 1 aliphatic heterocycles. The molecule has 0 unspecified atom stereocenters. The lowest BCUT2D eigenvalue weighted by Crippen LogP contribution is -2.59. The number of benzene rings is 1. The quantitative estimate of drug-likeness (QED) is 0.638. The molecule has 2 amide bonds. The van der Waals surface area contributed by atoms with Gasteiger partial charge in [0, 0.05) is 11.3 Å². The highest BCUT2D eigenvalue weighted by Crippen LogP contribution is 2.37. The third-order valence-corrected chi connectivity index (χ3v) is 3.80. The SMILES string of the molecule is Cc1c(C=O)cccc1NC(=O)N1CC(OC(C(F)(F)F)C(F)(F)F)C1. The summed E-state index contributed by atoms with van der Waals surface area (Å²) in [4.78, 5) is 23.9. The van der Waals surface area contributed by atoms with Crippen LogP contribution in [0.3, 0.4) is 0 Å². The van der Waals surface area contributed by atoms with Crippen LogP contribution >= 0.6 is 0 Å². The van der Waals surface area contributed by atoms with Gasteiger partial charge in [0.2, 0.25) is 6.10 Å². The molecule has 5 nitrogen and oxygen atoms in total. The topological polar surface area (TPSA) is 58.6 Å². The van der Waals surface area contributed by atoms with Gasteiger partial charge in [0.05, 0.1) is 19.2 Å². The zero-order chi connectivity index (χ0) is 19.7. The monoisotopic (exact) mass is 384 g/mol. The van der Waals surface area contributed by atoms with E-state index in [9.17, 15) is 35.9 Å². The number of amides is 2. The highest BCUT2D eigenvalue weighted by Gasteiger charge is 2.59. The van der Waals surface area contributed by atoms with Gasteiger partial charge in [0.25, 0.3) is 0 Å². The molecule has 0 bridgehead atoms. The van der Waals surface area contributed by atoms with Crippen molar-refractivity contribution in [3.8, 4) is 0 Å². The van der Waals surface area contributed by atoms with Gasteiger partial charge in [0.15, 0.2) is 0 Å². The molecule has 1 N–H and O–H groups in total. The van der Waals surface area contributed by atoms with Gasteiger partial charge >= 0.3 is 18.4 Å². The zero-order valence-corrected chi connectivity index (χ0v) is 13.3. The molecule has 1 aliphatic rings. The number of carbonyl (C=O) groups is 2. The zero-order valence-electron chi connectivity index (χ0n) is 13.3. The molecule has 1 aromatic rings. The average molecular weight is 384 g/mol. The van der Waals surface area contributed by atoms with Crippen LogP contribution in [0.1, 0.15) is 15.9 Å². The van der Waals surface area contributed by atoms with Gasteiger partial charge in [-0.15, -0.1) is 0 Å². The van der Waals surface area contributed by atoms with Crippen LogP contribution in [-0.2, 0) is 4.74 Å². The van der Waals surface area contributed by atoms with Gasteiger partial charge in [-0.2, -0.15) is 26.3 Å². The van der Waals surface area contributed by atoms with Crippen LogP contribution in [-0.4, -0.2) is 54.9 Å². The minimum absolute atomic E-state index is 0.312. The number of aldehydes is 1. The number of ether oxygens (including phenoxy) is 1. The molecule has 0 aromatic heterocycles. The summed E-state index contributed by atoms with van der Waals surface area (Å²) in [5, 5.41) is 2.45. The first-order valence-corrected chi connectivity index (χ1v) is 7.33. The number of anilines is 1. The maximum atomic E-state index is 12.4. The summed E-state index contributed by atoms with van der Waals surface area (Å²) in [5.74, 6) is 0. The van der Waals surface area contributed by atoms with Crippen LogP contribution in [0, 0.1) is 6.92 Å². The summed E-state index contributed by atoms with van der Waals surface area (Å²) < 4.78 is 78.7. The van der Waals surface area contributed by atoms with Crippen LogP contribution in [0.4, 0.5) is 36.8 Å². The van der Waals surface area contributed by atoms with E-state index in [1.807, 2.05) is 0 Å². The van der Waals surface area contributed by atoms with Gasteiger partial charge in [-0.25, -0.2) is 4.79 Å². The summed E-state index contributed by atoms with van der Waals surface area (Å²) in [6, 6.07) is 3.84. The second-order valence-electron chi connectivity index (χ2n) is 5.69. The lowest BCUT2D eigenvalue weighted by atomic mass is 10.1. The van der Waals surface area contributed by atoms with E-state index in [0.29, 0.717) is 23.1 Å². The number of urea groups is 1. The van der Waals surface area contributed by atoms with Gasteiger partial charge in [-0.05, 0) is 18.6 Å². The van der Waals surface area contributed by atoms with Crippen LogP contribution in [0.15, 0.2) is 18.2 Å². The van der Waals surface area contributed by atoms with Crippen LogP contribution in [0.2, 0.25) is 0 Å². The summed E-state index contributed by atoms with van der Waals surface area (Å²) in [6.45, 7) is 0.750. The summed E-state index contributed by atoms with van der Waals surface area (Å²) in [6.07, 6.45) is -15.9. The molecule has 0 radical (unpaired) electrons. The normalized spacial score (nSPS) is 15.8. The number of alkyl halides is 6. The van der Waals surface area contributed by atoms with Crippen molar-refractivity contribution in [3.63, 3.8) is 0 Å². The van der Waals surface area contributed by atoms with Crippen molar-refractivity contribution in [3.05, 3.63) is 29.3 Å². The molecule has 144 valence electrons. The van der Waals surface area contributed by atoms with Crippen molar-refractivity contribution in [2.24, 2.45) is 0 Å². The predicted molar refractivity (Wildman–Crippen MR) is 77.9 cm³/mol. The number of hydrogen-bond acceptors (Lipinski definition) is 3. The van der Waals surface area contributed by atoms with Crippen molar-refractivity contribution in [2.75, 3.05) is 18.4 Å². The lowest BCUT2D eigenvalue weighted by molar-refractivity contribution is -0.336. The van der Waals surface area contributed by atoms with Crippen LogP contribution < -0.4 is 5.32 Å². The summed E-state index contributed by atoms with van der Waals surface area (Å²) in [5.41, 5.74) is 1.14. The van der Waals surface area contributed by atoms with Gasteiger partial charge in [-0.3, -0.25) is 4.79 Å². The Balaban J connectivity index is 1.93. The van der Waals surface area contributed by atoms with Crippen molar-refractivity contribution in [1.29, 1.82) is 0 Å². The smallest absolute Gasteiger partial charge is 0.354 e. The molecular formula is C15H14F6N2O3. The van der Waals surface area contributed by atoms with E-state index in [0.717, 1.165) is 4.90 Å². The molecule has 0 saturated carbocycles. The number of carbonyl (C=O) groups excluding carboxylic acids is 2. The molecule has 1 fully saturated rings. The van der Waals surface area contributed by atoms with E-state index in [4.69, 9.17) is 0 Å². The third-order valence-electron chi connectivity index (χ3n) is 3.80. The Hall–Kier alpha value is -2.30. The van der Waals surface area contributed by atoms with Crippen molar-refractivity contribution in [1.82, 2.24) is 4.90 Å². The van der Waals surface area contributed by atoms with Gasteiger partial charge in [-0.1, -0.05) is 12.1 Å².